The van der Waals surface area contributed by atoms with Crippen LogP contribution in [-0.4, -0.2) is 38.8 Å². The molecule has 0 N–H and O–H groups in total. The van der Waals surface area contributed by atoms with Crippen molar-refractivity contribution in [2.75, 3.05) is 34.3 Å². The molecule has 0 aliphatic rings. The van der Waals surface area contributed by atoms with Crippen molar-refractivity contribution in [2.24, 2.45) is 0 Å². The zero-order valence-electron chi connectivity index (χ0n) is 6.64. The van der Waals surface area contributed by atoms with Crippen LogP contribution in [0.25, 0.3) is 0 Å². The first-order chi connectivity index (χ1) is 3.95. The van der Waals surface area contributed by atoms with Crippen molar-refractivity contribution in [3.8, 4) is 0 Å². The summed E-state index contributed by atoms with van der Waals surface area (Å²) >= 11 is 0. The normalized spacial score (nSPS) is 17.8. The van der Waals surface area contributed by atoms with Crippen molar-refractivity contribution in [2.45, 2.75) is 0 Å². The molecule has 0 spiro atoms. The summed E-state index contributed by atoms with van der Waals surface area (Å²) in [6.07, 6.45) is 0. The lowest BCUT2D eigenvalue weighted by Crippen LogP contribution is -2.37. The molecule has 8 heavy (non-hydrogen) atoms. The van der Waals surface area contributed by atoms with E-state index in [4.69, 9.17) is 1.37 Å². The molecule has 0 aliphatic heterocycles. The van der Waals surface area contributed by atoms with Crippen molar-refractivity contribution in [3.63, 3.8) is 0 Å². The molecule has 3 heteroatoms. The second-order valence-corrected chi connectivity index (χ2v) is 2.99. The molecule has 0 aliphatic carbocycles. The average Bonchev–Trinajstić information content (AvgIpc) is 1.62. The highest BCUT2D eigenvalue weighted by atomic mass is 31.0. The lowest BCUT2D eigenvalue weighted by atomic mass is 10.5. The summed E-state index contributed by atoms with van der Waals surface area (Å²) in [6.45, 7) is 0.213. The number of nitrogens with zero attached hydrogens (tertiary/aromatic N) is 1. The Bertz CT molecular complexity index is 83.5. The van der Waals surface area contributed by atoms with Gasteiger partial charge in [0.05, 0.1) is 35.6 Å². The van der Waals surface area contributed by atoms with E-state index in [1.165, 1.54) is 0 Å². The van der Waals surface area contributed by atoms with Gasteiger partial charge in [-0.15, -0.1) is 0 Å². The van der Waals surface area contributed by atoms with E-state index in [-0.39, 0.29) is 0 Å². The largest absolute Gasteiger partial charge is 0.557 e. The van der Waals surface area contributed by atoms with E-state index in [9.17, 15) is 0 Å². The van der Waals surface area contributed by atoms with Gasteiger partial charge >= 0.3 is 0 Å². The van der Waals surface area contributed by atoms with Crippen molar-refractivity contribution in [1.82, 2.24) is 0 Å². The maximum atomic E-state index is 7.19. The monoisotopic (exact) mass is 136 g/mol. The molecule has 0 aromatic rings. The topological polar surface area (TPSA) is 9.23 Å². The Morgan fingerprint density at radius 3 is 2.25 bits per heavy atom. The first kappa shape index (κ1) is 6.47. The number of rotatable bonds is 3. The smallest absolute Gasteiger partial charge is 0.0988 e. The molecule has 0 aromatic carbocycles. The molecule has 50 valence electrons. The third kappa shape index (κ3) is 6.35. The summed E-state index contributed by atoms with van der Waals surface area (Å²) in [5, 5.41) is 0. The standard InChI is InChI=1S/C5H14NOP/c1-6(2,3)4-5-7-8/h8H,4-5H2,1-3H3/i5D. The average molecular weight is 136 g/mol. The van der Waals surface area contributed by atoms with Gasteiger partial charge in [0.1, 0.15) is 0 Å². The van der Waals surface area contributed by atoms with Crippen molar-refractivity contribution < 1.29 is 10.4 Å². The number of hydrogen-bond donors (Lipinski definition) is 0. The summed E-state index contributed by atoms with van der Waals surface area (Å²) in [5.74, 6) is 0. The lowest BCUT2D eigenvalue weighted by molar-refractivity contribution is -0.870. The number of quaternary nitrogens is 1. The van der Waals surface area contributed by atoms with Crippen LogP contribution in [0.2, 0.25) is 0 Å². The third-order valence-corrected chi connectivity index (χ3v) is 0.872. The van der Waals surface area contributed by atoms with E-state index in [0.717, 1.165) is 4.48 Å². The van der Waals surface area contributed by atoms with E-state index in [1.54, 1.807) is 0 Å². The third-order valence-electron chi connectivity index (χ3n) is 0.706. The van der Waals surface area contributed by atoms with Gasteiger partial charge in [0.15, 0.2) is 0 Å². The van der Waals surface area contributed by atoms with E-state index < -0.39 is 6.58 Å². The Labute approximate surface area is 55.1 Å². The van der Waals surface area contributed by atoms with E-state index in [2.05, 4.69) is 14.0 Å². The fourth-order valence-electron chi connectivity index (χ4n) is 0.261. The minimum atomic E-state index is -0.471. The summed E-state index contributed by atoms with van der Waals surface area (Å²) in [6, 6.07) is 0. The minimum absolute atomic E-state index is 0.471. The van der Waals surface area contributed by atoms with Gasteiger partial charge in [0.25, 0.3) is 0 Å². The molecule has 0 heterocycles. The SMILES string of the molecule is [2H]C(C[N+](C)(C)C)O[PH-]. The molecule has 0 fully saturated rings. The second-order valence-electron chi connectivity index (χ2n) is 2.76. The Kier molecular flexibility index (Phi) is 2.74. The highest BCUT2D eigenvalue weighted by molar-refractivity contribution is 7.09. The van der Waals surface area contributed by atoms with Crippen molar-refractivity contribution in [1.29, 1.82) is 0 Å². The minimum Gasteiger partial charge on any atom is -0.557 e. The molecule has 0 rings (SSSR count). The zero-order chi connectivity index (χ0) is 7.49. The Hall–Kier alpha value is 0.350. The molecule has 0 aromatic heterocycles. The molecule has 0 bridgehead atoms. The van der Waals surface area contributed by atoms with Crippen LogP contribution in [0.5, 0.6) is 0 Å². The number of hydrogen-bond acceptors (Lipinski definition) is 1. The lowest BCUT2D eigenvalue weighted by Gasteiger charge is -2.24. The van der Waals surface area contributed by atoms with Crippen molar-refractivity contribution in [3.05, 3.63) is 0 Å². The van der Waals surface area contributed by atoms with E-state index in [0.29, 0.717) is 6.54 Å². The molecular formula is C5H14NOP. The molecule has 0 saturated carbocycles. The van der Waals surface area contributed by atoms with Crippen LogP contribution >= 0.6 is 9.47 Å². The van der Waals surface area contributed by atoms with Crippen LogP contribution in [-0.2, 0) is 4.52 Å². The summed E-state index contributed by atoms with van der Waals surface area (Å²) in [7, 11) is 8.88. The quantitative estimate of drug-likeness (QED) is 0.411. The molecule has 0 saturated heterocycles. The highest BCUT2D eigenvalue weighted by Gasteiger charge is 2.02. The fourth-order valence-corrected chi connectivity index (χ4v) is 0.335. The highest BCUT2D eigenvalue weighted by Crippen LogP contribution is 1.91. The molecular weight excluding hydrogens is 121 g/mol. The first-order valence-corrected chi connectivity index (χ1v) is 2.91. The summed E-state index contributed by atoms with van der Waals surface area (Å²) in [5.41, 5.74) is 0. The van der Waals surface area contributed by atoms with Gasteiger partial charge in [-0.3, -0.25) is 0 Å². The van der Waals surface area contributed by atoms with Gasteiger partial charge in [0.2, 0.25) is 0 Å². The van der Waals surface area contributed by atoms with Crippen LogP contribution in [0.1, 0.15) is 1.37 Å². The van der Waals surface area contributed by atoms with E-state index >= 15 is 0 Å². The molecule has 0 radical (unpaired) electrons. The Morgan fingerprint density at radius 1 is 1.62 bits per heavy atom. The summed E-state index contributed by atoms with van der Waals surface area (Å²) in [4.78, 5) is 0. The molecule has 0 amide bonds. The van der Waals surface area contributed by atoms with Crippen LogP contribution < -0.4 is 0 Å². The maximum Gasteiger partial charge on any atom is 0.0988 e. The van der Waals surface area contributed by atoms with Crippen LogP contribution in [0.15, 0.2) is 0 Å². The maximum absolute atomic E-state index is 7.19. The van der Waals surface area contributed by atoms with E-state index in [1.807, 2.05) is 21.1 Å². The van der Waals surface area contributed by atoms with Gasteiger partial charge in [-0.05, 0) is 0 Å². The van der Waals surface area contributed by atoms with Crippen molar-refractivity contribution >= 4 is 9.47 Å². The van der Waals surface area contributed by atoms with Crippen LogP contribution in [0.3, 0.4) is 0 Å². The Balaban J connectivity index is 3.47. The Morgan fingerprint density at radius 2 is 2.12 bits per heavy atom. The second kappa shape index (κ2) is 3.39. The number of likely N-dealkylation sites (N-methyl/N-ethyl adjacent to an activating group) is 1. The van der Waals surface area contributed by atoms with Crippen LogP contribution in [0.4, 0.5) is 0 Å². The van der Waals surface area contributed by atoms with Gasteiger partial charge in [-0.25, -0.2) is 0 Å². The summed E-state index contributed by atoms with van der Waals surface area (Å²) < 4.78 is 12.5. The van der Waals surface area contributed by atoms with Gasteiger partial charge in [-0.1, -0.05) is 0 Å². The molecule has 1 unspecified atom stereocenters. The predicted octanol–water partition coefficient (Wildman–Crippen LogP) is 0.767. The predicted molar refractivity (Wildman–Crippen MR) is 37.2 cm³/mol. The van der Waals surface area contributed by atoms with Gasteiger partial charge < -0.3 is 18.5 Å². The van der Waals surface area contributed by atoms with Crippen LogP contribution in [0, 0.1) is 0 Å². The fraction of sp³-hybridized carbons (Fsp3) is 1.00. The molecule has 2 nitrogen and oxygen atoms in total. The van der Waals surface area contributed by atoms with Gasteiger partial charge in [-0.2, -0.15) is 0 Å². The molecule has 1 atom stereocenters. The zero-order valence-corrected chi connectivity index (χ0v) is 6.64. The van der Waals surface area contributed by atoms with Gasteiger partial charge in [0, 0.05) is 0 Å². The first-order valence-electron chi connectivity index (χ1n) is 3.08.